The first kappa shape index (κ1) is 74.8. The first-order chi connectivity index (χ1) is 39.0. The van der Waals surface area contributed by atoms with Crippen molar-refractivity contribution in [1.29, 1.82) is 0 Å². The van der Waals surface area contributed by atoms with E-state index in [1.807, 2.05) is 0 Å². The van der Waals surface area contributed by atoms with Gasteiger partial charge in [-0.25, -0.2) is 0 Å². The number of rotatable bonds is 59. The highest BCUT2D eigenvalue weighted by Gasteiger charge is 2.19. The van der Waals surface area contributed by atoms with Gasteiger partial charge < -0.3 is 14.2 Å². The number of allylic oxidation sites excluding steroid dienone is 20. The van der Waals surface area contributed by atoms with Crippen molar-refractivity contribution >= 4 is 17.9 Å². The Hall–Kier alpha value is -4.19. The van der Waals surface area contributed by atoms with E-state index < -0.39 is 6.10 Å². The first-order valence-corrected chi connectivity index (χ1v) is 33.0. The molecule has 0 rings (SSSR count). The molecule has 0 radical (unpaired) electrons. The second-order valence-corrected chi connectivity index (χ2v) is 21.6. The second-order valence-electron chi connectivity index (χ2n) is 21.6. The summed E-state index contributed by atoms with van der Waals surface area (Å²) < 4.78 is 16.9. The van der Waals surface area contributed by atoms with E-state index in [1.165, 1.54) is 128 Å². The standard InChI is InChI=1S/C73H122O6/c1-4-7-10-13-16-19-22-25-27-29-30-31-32-33-34-35-36-37-38-39-40-41-42-44-45-48-51-54-57-60-63-66-72(75)78-69-70(68-77-71(74)65-62-59-56-53-50-47-24-21-18-15-12-9-6-3)79-73(76)67-64-61-58-55-52-49-46-43-28-26-23-20-17-14-11-8-5-2/h7-8,10-11,16-17,19-20,25-28,30-31,33-34,36-37,39-40,70H,4-6,9,12-15,18,21-24,29,32,35,38,41-69H2,1-3H3/b10-7-,11-8-,19-16-,20-17-,27-25-,28-26-,31-30-,34-33-,37-36-,40-39-. The molecule has 1 unspecified atom stereocenters. The Morgan fingerprint density at radius 3 is 0.772 bits per heavy atom. The monoisotopic (exact) mass is 1090 g/mol. The molecule has 0 bridgehead atoms. The van der Waals surface area contributed by atoms with Gasteiger partial charge >= 0.3 is 17.9 Å². The van der Waals surface area contributed by atoms with Crippen LogP contribution in [0, 0.1) is 0 Å². The Morgan fingerprint density at radius 1 is 0.266 bits per heavy atom. The van der Waals surface area contributed by atoms with Crippen LogP contribution in [-0.2, 0) is 28.6 Å². The fraction of sp³-hybridized carbons (Fsp3) is 0.685. The zero-order valence-corrected chi connectivity index (χ0v) is 51.6. The van der Waals surface area contributed by atoms with Crippen molar-refractivity contribution in [3.8, 4) is 0 Å². The maximum atomic E-state index is 12.9. The zero-order chi connectivity index (χ0) is 57.1. The number of esters is 3. The number of ether oxygens (including phenoxy) is 3. The van der Waals surface area contributed by atoms with E-state index >= 15 is 0 Å². The van der Waals surface area contributed by atoms with Crippen molar-refractivity contribution in [3.05, 3.63) is 122 Å². The lowest BCUT2D eigenvalue weighted by molar-refractivity contribution is -0.167. The number of unbranched alkanes of at least 4 members (excludes halogenated alkanes) is 28. The molecular weight excluding hydrogens is 973 g/mol. The molecule has 6 nitrogen and oxygen atoms in total. The van der Waals surface area contributed by atoms with Gasteiger partial charge in [0.25, 0.3) is 0 Å². The maximum absolute atomic E-state index is 12.9. The van der Waals surface area contributed by atoms with Gasteiger partial charge in [-0.15, -0.1) is 0 Å². The van der Waals surface area contributed by atoms with Crippen LogP contribution in [0.2, 0.25) is 0 Å². The molecule has 0 aliphatic rings. The van der Waals surface area contributed by atoms with Crippen molar-refractivity contribution in [2.45, 2.75) is 309 Å². The summed E-state index contributed by atoms with van der Waals surface area (Å²) in [7, 11) is 0. The van der Waals surface area contributed by atoms with Crippen LogP contribution in [0.3, 0.4) is 0 Å². The molecule has 6 heteroatoms. The van der Waals surface area contributed by atoms with Crippen molar-refractivity contribution in [3.63, 3.8) is 0 Å². The van der Waals surface area contributed by atoms with Crippen LogP contribution in [0.5, 0.6) is 0 Å². The summed E-state index contributed by atoms with van der Waals surface area (Å²) in [6.07, 6.45) is 92.1. The Bertz CT molecular complexity index is 1640. The van der Waals surface area contributed by atoms with Crippen LogP contribution >= 0.6 is 0 Å². The minimum Gasteiger partial charge on any atom is -0.462 e. The van der Waals surface area contributed by atoms with E-state index in [-0.39, 0.29) is 31.1 Å². The third-order valence-corrected chi connectivity index (χ3v) is 14.0. The summed E-state index contributed by atoms with van der Waals surface area (Å²) in [5, 5.41) is 0. The van der Waals surface area contributed by atoms with Gasteiger partial charge in [-0.05, 0) is 109 Å². The molecule has 0 spiro atoms. The molecule has 0 heterocycles. The Balaban J connectivity index is 4.29. The topological polar surface area (TPSA) is 78.9 Å². The van der Waals surface area contributed by atoms with Crippen LogP contribution < -0.4 is 0 Å². The molecule has 0 aromatic rings. The van der Waals surface area contributed by atoms with E-state index in [9.17, 15) is 14.4 Å². The van der Waals surface area contributed by atoms with Crippen molar-refractivity contribution in [1.82, 2.24) is 0 Å². The molecule has 0 aliphatic heterocycles. The molecule has 0 amide bonds. The predicted octanol–water partition coefficient (Wildman–Crippen LogP) is 22.8. The summed E-state index contributed by atoms with van der Waals surface area (Å²) >= 11 is 0. The van der Waals surface area contributed by atoms with Gasteiger partial charge in [-0.2, -0.15) is 0 Å². The van der Waals surface area contributed by atoms with Crippen LogP contribution in [0.4, 0.5) is 0 Å². The van der Waals surface area contributed by atoms with E-state index in [1.54, 1.807) is 0 Å². The molecule has 0 fully saturated rings. The van der Waals surface area contributed by atoms with Gasteiger partial charge in [0.15, 0.2) is 6.10 Å². The van der Waals surface area contributed by atoms with E-state index in [0.29, 0.717) is 19.3 Å². The molecule has 0 N–H and O–H groups in total. The highest BCUT2D eigenvalue weighted by atomic mass is 16.6. The molecule has 0 saturated heterocycles. The van der Waals surface area contributed by atoms with Crippen molar-refractivity contribution in [2.24, 2.45) is 0 Å². The first-order valence-electron chi connectivity index (χ1n) is 33.0. The molecule has 79 heavy (non-hydrogen) atoms. The summed E-state index contributed by atoms with van der Waals surface area (Å²) in [4.78, 5) is 38.3. The Kier molecular flexibility index (Phi) is 62.8. The smallest absolute Gasteiger partial charge is 0.306 e. The molecule has 450 valence electrons. The lowest BCUT2D eigenvalue weighted by atomic mass is 10.0. The third-order valence-electron chi connectivity index (χ3n) is 14.0. The Labute approximate surface area is 488 Å². The quantitative estimate of drug-likeness (QED) is 0.0261. The van der Waals surface area contributed by atoms with Gasteiger partial charge in [0.05, 0.1) is 0 Å². The normalized spacial score (nSPS) is 12.9. The van der Waals surface area contributed by atoms with Gasteiger partial charge in [-0.3, -0.25) is 14.4 Å². The average Bonchev–Trinajstić information content (AvgIpc) is 3.45. The highest BCUT2D eigenvalue weighted by molar-refractivity contribution is 5.71. The molecular formula is C73H122O6. The molecule has 0 aromatic heterocycles. The minimum atomic E-state index is -0.788. The van der Waals surface area contributed by atoms with Crippen LogP contribution in [0.1, 0.15) is 303 Å². The fourth-order valence-electron chi connectivity index (χ4n) is 9.09. The molecule has 0 aromatic carbocycles. The van der Waals surface area contributed by atoms with Crippen LogP contribution in [0.15, 0.2) is 122 Å². The minimum absolute atomic E-state index is 0.0827. The lowest BCUT2D eigenvalue weighted by Crippen LogP contribution is -2.30. The van der Waals surface area contributed by atoms with Gasteiger partial charge in [0.1, 0.15) is 13.2 Å². The van der Waals surface area contributed by atoms with Gasteiger partial charge in [0, 0.05) is 19.3 Å². The fourth-order valence-corrected chi connectivity index (χ4v) is 9.09. The van der Waals surface area contributed by atoms with E-state index in [4.69, 9.17) is 14.2 Å². The lowest BCUT2D eigenvalue weighted by Gasteiger charge is -2.18. The molecule has 0 aliphatic carbocycles. The van der Waals surface area contributed by atoms with Crippen molar-refractivity contribution < 1.29 is 28.6 Å². The second kappa shape index (κ2) is 66.3. The Morgan fingerprint density at radius 2 is 0.494 bits per heavy atom. The maximum Gasteiger partial charge on any atom is 0.306 e. The van der Waals surface area contributed by atoms with Crippen molar-refractivity contribution in [2.75, 3.05) is 13.2 Å². The van der Waals surface area contributed by atoms with Gasteiger partial charge in [-0.1, -0.05) is 296 Å². The molecule has 1 atom stereocenters. The summed E-state index contributed by atoms with van der Waals surface area (Å²) in [6.45, 7) is 6.42. The third kappa shape index (κ3) is 64.5. The molecule has 0 saturated carbocycles. The van der Waals surface area contributed by atoms with Gasteiger partial charge in [0.2, 0.25) is 0 Å². The zero-order valence-electron chi connectivity index (χ0n) is 51.6. The number of hydrogen-bond donors (Lipinski definition) is 0. The van der Waals surface area contributed by atoms with E-state index in [0.717, 1.165) is 135 Å². The van der Waals surface area contributed by atoms with E-state index in [2.05, 4.69) is 142 Å². The number of carbonyl (C=O) groups excluding carboxylic acids is 3. The average molecular weight is 1100 g/mol. The highest BCUT2D eigenvalue weighted by Crippen LogP contribution is 2.16. The van der Waals surface area contributed by atoms with Crippen LogP contribution in [0.25, 0.3) is 0 Å². The summed E-state index contributed by atoms with van der Waals surface area (Å²) in [5.74, 6) is -0.891. The SMILES string of the molecule is CC/C=C\C/C=C\C/C=C\C/C=C\C/C=C\C/C=C\C/C=C\CCCCCCCCCCCC(=O)OCC(COC(=O)CCCCCCCCCCCCCCC)OC(=O)CCCCCCCCC/C=C\C/C=C\C/C=C\CC. The summed E-state index contributed by atoms with van der Waals surface area (Å²) in [6, 6.07) is 0. The predicted molar refractivity (Wildman–Crippen MR) is 343 cm³/mol. The number of carbonyl (C=O) groups is 3. The van der Waals surface area contributed by atoms with Crippen LogP contribution in [-0.4, -0.2) is 37.2 Å². The number of hydrogen-bond acceptors (Lipinski definition) is 6. The largest absolute Gasteiger partial charge is 0.462 e. The summed E-state index contributed by atoms with van der Waals surface area (Å²) in [5.41, 5.74) is 0.